The van der Waals surface area contributed by atoms with Crippen LogP contribution in [0.4, 0.5) is 0 Å². The van der Waals surface area contributed by atoms with Crippen molar-refractivity contribution in [1.82, 2.24) is 5.32 Å². The Hall–Kier alpha value is -1.60. The molecule has 0 spiro atoms. The van der Waals surface area contributed by atoms with E-state index in [1.54, 1.807) is 0 Å². The lowest BCUT2D eigenvalue weighted by Gasteiger charge is -2.25. The second-order valence-electron chi connectivity index (χ2n) is 4.93. The highest BCUT2D eigenvalue weighted by Gasteiger charge is 2.16. The molecule has 100 valence electrons. The lowest BCUT2D eigenvalue weighted by molar-refractivity contribution is 0.447. The SMILES string of the molecule is CCC(CC)NC(c1ccccc1)c1ccccc1. The van der Waals surface area contributed by atoms with Crippen molar-refractivity contribution < 1.29 is 0 Å². The van der Waals surface area contributed by atoms with E-state index in [4.69, 9.17) is 0 Å². The molecule has 0 radical (unpaired) electrons. The molecule has 2 aromatic rings. The van der Waals surface area contributed by atoms with E-state index in [1.165, 1.54) is 11.1 Å². The minimum absolute atomic E-state index is 0.285. The van der Waals surface area contributed by atoms with Crippen LogP contribution in [-0.2, 0) is 0 Å². The summed E-state index contributed by atoms with van der Waals surface area (Å²) >= 11 is 0. The monoisotopic (exact) mass is 253 g/mol. The third kappa shape index (κ3) is 3.68. The number of hydrogen-bond acceptors (Lipinski definition) is 1. The molecule has 2 aromatic carbocycles. The Morgan fingerprint density at radius 3 is 1.53 bits per heavy atom. The van der Waals surface area contributed by atoms with Crippen molar-refractivity contribution in [2.24, 2.45) is 0 Å². The van der Waals surface area contributed by atoms with Crippen molar-refractivity contribution in [2.45, 2.75) is 38.8 Å². The number of rotatable bonds is 6. The van der Waals surface area contributed by atoms with Gasteiger partial charge in [-0.1, -0.05) is 74.5 Å². The third-order valence-corrected chi connectivity index (χ3v) is 3.65. The van der Waals surface area contributed by atoms with E-state index in [0.717, 1.165) is 12.8 Å². The van der Waals surface area contributed by atoms with Crippen molar-refractivity contribution in [2.75, 3.05) is 0 Å². The summed E-state index contributed by atoms with van der Waals surface area (Å²) in [7, 11) is 0. The fraction of sp³-hybridized carbons (Fsp3) is 0.333. The van der Waals surface area contributed by atoms with Crippen molar-refractivity contribution in [1.29, 1.82) is 0 Å². The molecule has 1 nitrogen and oxygen atoms in total. The van der Waals surface area contributed by atoms with Gasteiger partial charge in [-0.15, -0.1) is 0 Å². The first kappa shape index (κ1) is 13.8. The van der Waals surface area contributed by atoms with Crippen LogP contribution < -0.4 is 5.32 Å². The van der Waals surface area contributed by atoms with Gasteiger partial charge in [-0.3, -0.25) is 0 Å². The average molecular weight is 253 g/mol. The van der Waals surface area contributed by atoms with Crippen LogP contribution in [0.15, 0.2) is 60.7 Å². The summed E-state index contributed by atoms with van der Waals surface area (Å²) in [4.78, 5) is 0. The molecule has 0 saturated carbocycles. The van der Waals surface area contributed by atoms with Gasteiger partial charge in [0.05, 0.1) is 6.04 Å². The van der Waals surface area contributed by atoms with Crippen LogP contribution in [0.5, 0.6) is 0 Å². The quantitative estimate of drug-likeness (QED) is 0.796. The van der Waals surface area contributed by atoms with Crippen molar-refractivity contribution in [3.63, 3.8) is 0 Å². The molecule has 0 saturated heterocycles. The summed E-state index contributed by atoms with van der Waals surface area (Å²) in [6, 6.07) is 22.2. The fourth-order valence-corrected chi connectivity index (χ4v) is 2.44. The van der Waals surface area contributed by atoms with Crippen molar-refractivity contribution in [3.05, 3.63) is 71.8 Å². The predicted octanol–water partition coefficient (Wildman–Crippen LogP) is 4.55. The van der Waals surface area contributed by atoms with Gasteiger partial charge in [-0.2, -0.15) is 0 Å². The lowest BCUT2D eigenvalue weighted by Crippen LogP contribution is -2.32. The van der Waals surface area contributed by atoms with Crippen LogP contribution in [0, 0.1) is 0 Å². The minimum Gasteiger partial charge on any atom is -0.303 e. The van der Waals surface area contributed by atoms with Crippen LogP contribution >= 0.6 is 0 Å². The van der Waals surface area contributed by atoms with Gasteiger partial charge in [-0.25, -0.2) is 0 Å². The highest BCUT2D eigenvalue weighted by atomic mass is 14.9. The topological polar surface area (TPSA) is 12.0 Å². The molecular weight excluding hydrogens is 230 g/mol. The molecule has 0 aromatic heterocycles. The molecule has 0 bridgehead atoms. The molecule has 0 aliphatic carbocycles. The van der Waals surface area contributed by atoms with Crippen LogP contribution in [0.3, 0.4) is 0 Å². The molecule has 1 N–H and O–H groups in total. The Balaban J connectivity index is 2.29. The maximum absolute atomic E-state index is 3.79. The standard InChI is InChI=1S/C18H23N/c1-3-17(4-2)19-18(15-11-7-5-8-12-15)16-13-9-6-10-14-16/h5-14,17-19H,3-4H2,1-2H3. The summed E-state index contributed by atoms with van der Waals surface area (Å²) in [5.74, 6) is 0. The fourth-order valence-electron chi connectivity index (χ4n) is 2.44. The Bertz CT molecular complexity index is 420. The van der Waals surface area contributed by atoms with Gasteiger partial charge < -0.3 is 5.32 Å². The van der Waals surface area contributed by atoms with E-state index >= 15 is 0 Å². The molecule has 0 aliphatic rings. The van der Waals surface area contributed by atoms with E-state index in [9.17, 15) is 0 Å². The number of nitrogens with one attached hydrogen (secondary N) is 1. The molecule has 0 heterocycles. The lowest BCUT2D eigenvalue weighted by atomic mass is 9.97. The van der Waals surface area contributed by atoms with Gasteiger partial charge in [0, 0.05) is 6.04 Å². The summed E-state index contributed by atoms with van der Waals surface area (Å²) in [6.45, 7) is 4.49. The normalized spacial score (nSPS) is 11.2. The molecule has 2 rings (SSSR count). The van der Waals surface area contributed by atoms with Crippen LogP contribution in [-0.4, -0.2) is 6.04 Å². The maximum atomic E-state index is 3.79. The Kier molecular flexibility index (Phi) is 5.17. The van der Waals surface area contributed by atoms with E-state index in [1.807, 2.05) is 0 Å². The highest BCUT2D eigenvalue weighted by molar-refractivity contribution is 5.31. The molecule has 1 heteroatoms. The summed E-state index contributed by atoms with van der Waals surface area (Å²) < 4.78 is 0. The largest absolute Gasteiger partial charge is 0.303 e. The summed E-state index contributed by atoms with van der Waals surface area (Å²) in [5.41, 5.74) is 2.67. The van der Waals surface area contributed by atoms with Gasteiger partial charge in [-0.05, 0) is 24.0 Å². The molecule has 0 unspecified atom stereocenters. The van der Waals surface area contributed by atoms with Crippen LogP contribution in [0.2, 0.25) is 0 Å². The molecule has 19 heavy (non-hydrogen) atoms. The second-order valence-corrected chi connectivity index (χ2v) is 4.93. The Labute approximate surface area is 116 Å². The Morgan fingerprint density at radius 2 is 1.16 bits per heavy atom. The van der Waals surface area contributed by atoms with E-state index in [-0.39, 0.29) is 6.04 Å². The molecule has 0 aliphatic heterocycles. The predicted molar refractivity (Wildman–Crippen MR) is 82.2 cm³/mol. The van der Waals surface area contributed by atoms with Gasteiger partial charge in [0.1, 0.15) is 0 Å². The maximum Gasteiger partial charge on any atom is 0.0578 e. The van der Waals surface area contributed by atoms with Crippen molar-refractivity contribution >= 4 is 0 Å². The smallest absolute Gasteiger partial charge is 0.0578 e. The third-order valence-electron chi connectivity index (χ3n) is 3.65. The number of benzene rings is 2. The summed E-state index contributed by atoms with van der Waals surface area (Å²) in [5, 5.41) is 3.79. The van der Waals surface area contributed by atoms with E-state index in [2.05, 4.69) is 79.8 Å². The van der Waals surface area contributed by atoms with Gasteiger partial charge >= 0.3 is 0 Å². The summed E-state index contributed by atoms with van der Waals surface area (Å²) in [6.07, 6.45) is 2.32. The van der Waals surface area contributed by atoms with E-state index in [0.29, 0.717) is 6.04 Å². The zero-order valence-corrected chi connectivity index (χ0v) is 11.8. The first-order valence-corrected chi connectivity index (χ1v) is 7.21. The zero-order chi connectivity index (χ0) is 13.5. The Morgan fingerprint density at radius 1 is 0.737 bits per heavy atom. The van der Waals surface area contributed by atoms with Crippen molar-refractivity contribution in [3.8, 4) is 0 Å². The molecular formula is C18H23N. The first-order valence-electron chi connectivity index (χ1n) is 7.21. The minimum atomic E-state index is 0.285. The zero-order valence-electron chi connectivity index (χ0n) is 11.8. The first-order chi connectivity index (χ1) is 9.35. The van der Waals surface area contributed by atoms with Gasteiger partial charge in [0.2, 0.25) is 0 Å². The van der Waals surface area contributed by atoms with Gasteiger partial charge in [0.25, 0.3) is 0 Å². The van der Waals surface area contributed by atoms with Crippen LogP contribution in [0.1, 0.15) is 43.9 Å². The average Bonchev–Trinajstić information content (AvgIpc) is 2.50. The van der Waals surface area contributed by atoms with Gasteiger partial charge in [0.15, 0.2) is 0 Å². The molecule has 0 atom stereocenters. The van der Waals surface area contributed by atoms with Crippen LogP contribution in [0.25, 0.3) is 0 Å². The number of hydrogen-bond donors (Lipinski definition) is 1. The highest BCUT2D eigenvalue weighted by Crippen LogP contribution is 2.23. The second kappa shape index (κ2) is 7.10. The molecule has 0 fully saturated rings. The molecule has 0 amide bonds. The van der Waals surface area contributed by atoms with E-state index < -0.39 is 0 Å².